The minimum atomic E-state index is -0.848. The fourth-order valence-corrected chi connectivity index (χ4v) is 3.40. The molecule has 0 saturated heterocycles. The Bertz CT molecular complexity index is 546. The number of carbonyl (C=O) groups is 2. The molecule has 0 aromatic carbocycles. The van der Waals surface area contributed by atoms with Crippen molar-refractivity contribution in [1.29, 1.82) is 0 Å². The van der Waals surface area contributed by atoms with Crippen molar-refractivity contribution in [2.75, 3.05) is 6.61 Å². The largest absolute Gasteiger partial charge is 0.516 e. The molecule has 0 bridgehead atoms. The van der Waals surface area contributed by atoms with Gasteiger partial charge in [0.2, 0.25) is 0 Å². The van der Waals surface area contributed by atoms with Crippen LogP contribution in [-0.2, 0) is 14.3 Å². The van der Waals surface area contributed by atoms with Gasteiger partial charge in [-0.2, -0.15) is 0 Å². The molecule has 0 spiro atoms. The van der Waals surface area contributed by atoms with E-state index in [1.807, 2.05) is 0 Å². The van der Waals surface area contributed by atoms with Crippen molar-refractivity contribution in [3.8, 4) is 0 Å². The first-order chi connectivity index (χ1) is 16.1. The number of ether oxygens (including phenoxy) is 2. The van der Waals surface area contributed by atoms with E-state index < -0.39 is 12.1 Å². The van der Waals surface area contributed by atoms with Gasteiger partial charge >= 0.3 is 12.1 Å². The summed E-state index contributed by atoms with van der Waals surface area (Å²) in [5.41, 5.74) is 0. The summed E-state index contributed by atoms with van der Waals surface area (Å²) in [6.07, 6.45) is 28.9. The first-order valence-electron chi connectivity index (χ1n) is 13.4. The lowest BCUT2D eigenvalue weighted by molar-refractivity contribution is -0.139. The maximum Gasteiger partial charge on any atom is 0.516 e. The molecule has 190 valence electrons. The Labute approximate surface area is 203 Å². The van der Waals surface area contributed by atoms with E-state index in [0.29, 0.717) is 6.61 Å². The van der Waals surface area contributed by atoms with Crippen LogP contribution in [0.1, 0.15) is 124 Å². The summed E-state index contributed by atoms with van der Waals surface area (Å²) in [7, 11) is 0. The lowest BCUT2D eigenvalue weighted by Gasteiger charge is -2.06. The van der Waals surface area contributed by atoms with Crippen LogP contribution in [0.4, 0.5) is 4.79 Å². The number of esters is 1. The minimum Gasteiger partial charge on any atom is -0.434 e. The van der Waals surface area contributed by atoms with Gasteiger partial charge in [0.15, 0.2) is 0 Å². The standard InChI is InChI=1S/C29H50O4/c1-4-5-6-7-8-9-10-11-12-13-14-15-16-19-22-25-28(30)33-29(31)32-26-23-20-17-18-21-24-27(2)3/h5-6,8-9,11-12,27H,4,7,10,13-26H2,1-3H3/b6-5-,9-8-,12-11-. The highest BCUT2D eigenvalue weighted by atomic mass is 16.7. The molecule has 0 radical (unpaired) electrons. The zero-order chi connectivity index (χ0) is 24.4. The van der Waals surface area contributed by atoms with Gasteiger partial charge in [-0.3, -0.25) is 4.79 Å². The van der Waals surface area contributed by atoms with Crippen LogP contribution in [0.25, 0.3) is 0 Å². The average Bonchev–Trinajstić information content (AvgIpc) is 2.78. The van der Waals surface area contributed by atoms with Crippen molar-refractivity contribution in [3.05, 3.63) is 36.5 Å². The van der Waals surface area contributed by atoms with E-state index in [9.17, 15) is 9.59 Å². The normalized spacial score (nSPS) is 11.9. The summed E-state index contributed by atoms with van der Waals surface area (Å²) >= 11 is 0. The van der Waals surface area contributed by atoms with Crippen LogP contribution >= 0.6 is 0 Å². The van der Waals surface area contributed by atoms with Gasteiger partial charge in [-0.25, -0.2) is 4.79 Å². The van der Waals surface area contributed by atoms with E-state index >= 15 is 0 Å². The van der Waals surface area contributed by atoms with Crippen LogP contribution in [-0.4, -0.2) is 18.7 Å². The quantitative estimate of drug-likeness (QED) is 0.0738. The van der Waals surface area contributed by atoms with Crippen LogP contribution in [0.15, 0.2) is 36.5 Å². The number of allylic oxidation sites excluding steroid dienone is 6. The van der Waals surface area contributed by atoms with Crippen molar-refractivity contribution in [2.45, 2.75) is 124 Å². The molecule has 0 N–H and O–H groups in total. The van der Waals surface area contributed by atoms with Crippen LogP contribution in [0.3, 0.4) is 0 Å². The molecule has 0 atom stereocenters. The minimum absolute atomic E-state index is 0.282. The fraction of sp³-hybridized carbons (Fsp3) is 0.724. The van der Waals surface area contributed by atoms with Gasteiger partial charge in [0.05, 0.1) is 6.61 Å². The number of hydrogen-bond acceptors (Lipinski definition) is 4. The van der Waals surface area contributed by atoms with E-state index in [1.54, 1.807) is 0 Å². The molecule has 0 heterocycles. The van der Waals surface area contributed by atoms with Gasteiger partial charge in [0.1, 0.15) is 0 Å². The Morgan fingerprint density at radius 2 is 1.27 bits per heavy atom. The van der Waals surface area contributed by atoms with Gasteiger partial charge in [0.25, 0.3) is 0 Å². The van der Waals surface area contributed by atoms with Gasteiger partial charge in [-0.1, -0.05) is 109 Å². The Morgan fingerprint density at radius 1 is 0.697 bits per heavy atom. The first kappa shape index (κ1) is 31.2. The molecule has 0 aliphatic carbocycles. The lowest BCUT2D eigenvalue weighted by atomic mass is 10.0. The van der Waals surface area contributed by atoms with E-state index in [1.165, 1.54) is 25.7 Å². The molecular weight excluding hydrogens is 412 g/mol. The molecule has 0 unspecified atom stereocenters. The molecule has 0 fully saturated rings. The summed E-state index contributed by atoms with van der Waals surface area (Å²) in [6, 6.07) is 0. The van der Waals surface area contributed by atoms with Crippen molar-refractivity contribution in [1.82, 2.24) is 0 Å². The van der Waals surface area contributed by atoms with E-state index in [2.05, 4.69) is 57.2 Å². The summed E-state index contributed by atoms with van der Waals surface area (Å²) < 4.78 is 9.71. The zero-order valence-electron chi connectivity index (χ0n) is 21.7. The van der Waals surface area contributed by atoms with Gasteiger partial charge < -0.3 is 9.47 Å². The number of carbonyl (C=O) groups excluding carboxylic acids is 2. The Hall–Kier alpha value is -1.84. The van der Waals surface area contributed by atoms with Crippen molar-refractivity contribution in [3.63, 3.8) is 0 Å². The second kappa shape index (κ2) is 24.8. The van der Waals surface area contributed by atoms with Crippen LogP contribution in [0.5, 0.6) is 0 Å². The maximum absolute atomic E-state index is 11.7. The number of hydrogen-bond donors (Lipinski definition) is 0. The molecule has 0 amide bonds. The average molecular weight is 463 g/mol. The number of unbranched alkanes of at least 4 members (excludes halogenated alkanes) is 9. The third-order valence-corrected chi connectivity index (χ3v) is 5.37. The molecule has 0 aliphatic rings. The highest BCUT2D eigenvalue weighted by Gasteiger charge is 2.11. The summed E-state index contributed by atoms with van der Waals surface area (Å²) in [5.74, 6) is 0.291. The third-order valence-electron chi connectivity index (χ3n) is 5.37. The molecule has 0 aromatic heterocycles. The van der Waals surface area contributed by atoms with Crippen molar-refractivity contribution >= 4 is 12.1 Å². The number of rotatable bonds is 21. The molecule has 0 rings (SSSR count). The zero-order valence-corrected chi connectivity index (χ0v) is 21.7. The predicted octanol–water partition coefficient (Wildman–Crippen LogP) is 9.25. The summed E-state index contributed by atoms with van der Waals surface area (Å²) in [5, 5.41) is 0. The van der Waals surface area contributed by atoms with Gasteiger partial charge in [-0.15, -0.1) is 0 Å². The smallest absolute Gasteiger partial charge is 0.434 e. The summed E-state index contributed by atoms with van der Waals surface area (Å²) in [6.45, 7) is 6.97. The van der Waals surface area contributed by atoms with E-state index in [-0.39, 0.29) is 6.42 Å². The first-order valence-corrected chi connectivity index (χ1v) is 13.4. The molecule has 33 heavy (non-hydrogen) atoms. The topological polar surface area (TPSA) is 52.6 Å². The van der Waals surface area contributed by atoms with E-state index in [4.69, 9.17) is 9.47 Å². The molecular formula is C29H50O4. The SMILES string of the molecule is CC/C=C\C/C=C\C/C=C\CCCCCCCC(=O)OC(=O)OCCCCCCCC(C)C. The molecule has 0 saturated carbocycles. The highest BCUT2D eigenvalue weighted by Crippen LogP contribution is 2.11. The molecule has 4 nitrogen and oxygen atoms in total. The van der Waals surface area contributed by atoms with Gasteiger partial charge in [0, 0.05) is 6.42 Å². The van der Waals surface area contributed by atoms with Crippen molar-refractivity contribution < 1.29 is 19.1 Å². The van der Waals surface area contributed by atoms with Crippen LogP contribution < -0.4 is 0 Å². The van der Waals surface area contributed by atoms with Crippen LogP contribution in [0, 0.1) is 5.92 Å². The second-order valence-corrected chi connectivity index (χ2v) is 9.12. The van der Waals surface area contributed by atoms with Gasteiger partial charge in [-0.05, 0) is 50.9 Å². The maximum atomic E-state index is 11.7. The Balaban J connectivity index is 3.43. The third kappa shape index (κ3) is 26.3. The molecule has 0 aromatic rings. The molecule has 0 aliphatic heterocycles. The van der Waals surface area contributed by atoms with E-state index in [0.717, 1.165) is 76.5 Å². The molecule has 4 heteroatoms. The fourth-order valence-electron chi connectivity index (χ4n) is 3.40. The summed E-state index contributed by atoms with van der Waals surface area (Å²) in [4.78, 5) is 23.3. The monoisotopic (exact) mass is 462 g/mol. The Morgan fingerprint density at radius 3 is 1.97 bits per heavy atom. The predicted molar refractivity (Wildman–Crippen MR) is 139 cm³/mol. The lowest BCUT2D eigenvalue weighted by Crippen LogP contribution is -2.14. The second-order valence-electron chi connectivity index (χ2n) is 9.12. The van der Waals surface area contributed by atoms with Crippen molar-refractivity contribution in [2.24, 2.45) is 5.92 Å². The van der Waals surface area contributed by atoms with Crippen LogP contribution in [0.2, 0.25) is 0 Å². The Kier molecular flexibility index (Phi) is 23.4. The highest BCUT2D eigenvalue weighted by molar-refractivity contribution is 5.81.